The van der Waals surface area contributed by atoms with Gasteiger partial charge < -0.3 is 23.7 Å². The zero-order valence-electron chi connectivity index (χ0n) is 17.6. The molecule has 1 aromatic heterocycles. The van der Waals surface area contributed by atoms with E-state index in [1.165, 1.54) is 12.1 Å². The molecule has 6 rings (SSSR count). The van der Waals surface area contributed by atoms with Crippen LogP contribution in [0.2, 0.25) is 0 Å². The number of imidazole rings is 1. The molecule has 8 heteroatoms. The molecule has 7 nitrogen and oxygen atoms in total. The van der Waals surface area contributed by atoms with Crippen molar-refractivity contribution in [1.82, 2.24) is 14.5 Å². The monoisotopic (exact) mass is 437 g/mol. The molecule has 0 spiro atoms. The van der Waals surface area contributed by atoms with Gasteiger partial charge in [0.2, 0.25) is 6.79 Å². The number of ether oxygens (including phenoxy) is 3. The van der Waals surface area contributed by atoms with Gasteiger partial charge in [0.15, 0.2) is 11.5 Å². The van der Waals surface area contributed by atoms with E-state index in [0.29, 0.717) is 36.7 Å². The fraction of sp³-hybridized carbons (Fsp3) is 0.417. The summed E-state index contributed by atoms with van der Waals surface area (Å²) in [6.45, 7) is 2.22. The molecule has 166 valence electrons. The Morgan fingerprint density at radius 1 is 1.03 bits per heavy atom. The van der Waals surface area contributed by atoms with Gasteiger partial charge in [-0.2, -0.15) is 0 Å². The van der Waals surface area contributed by atoms with Gasteiger partial charge in [-0.3, -0.25) is 4.79 Å². The summed E-state index contributed by atoms with van der Waals surface area (Å²) in [5.74, 6) is 1.96. The van der Waals surface area contributed by atoms with Gasteiger partial charge in [-0.1, -0.05) is 0 Å². The normalized spacial score (nSPS) is 20.9. The van der Waals surface area contributed by atoms with E-state index in [2.05, 4.69) is 4.57 Å². The van der Waals surface area contributed by atoms with Crippen molar-refractivity contribution in [2.45, 2.75) is 37.8 Å². The summed E-state index contributed by atoms with van der Waals surface area (Å²) < 4.78 is 32.7. The lowest BCUT2D eigenvalue weighted by Gasteiger charge is -2.34. The third kappa shape index (κ3) is 3.30. The molecule has 3 aliphatic heterocycles. The number of piperidine rings is 1. The van der Waals surface area contributed by atoms with E-state index in [9.17, 15) is 9.18 Å². The SMILES string of the molecule is O=C([C@H]1CCCO1)N1CCC(n2c(-c3ccc4c(c3)OCO4)nc3cc(F)ccc32)CC1. The fourth-order valence-corrected chi connectivity index (χ4v) is 5.00. The number of halogens is 1. The van der Waals surface area contributed by atoms with Crippen LogP contribution < -0.4 is 9.47 Å². The first-order valence-electron chi connectivity index (χ1n) is 11.2. The van der Waals surface area contributed by atoms with Crippen LogP contribution >= 0.6 is 0 Å². The van der Waals surface area contributed by atoms with Gasteiger partial charge in [-0.15, -0.1) is 0 Å². The summed E-state index contributed by atoms with van der Waals surface area (Å²) in [4.78, 5) is 19.5. The molecule has 0 radical (unpaired) electrons. The topological polar surface area (TPSA) is 65.8 Å². The van der Waals surface area contributed by atoms with E-state index in [4.69, 9.17) is 19.2 Å². The first-order valence-corrected chi connectivity index (χ1v) is 11.2. The highest BCUT2D eigenvalue weighted by Crippen LogP contribution is 2.39. The highest BCUT2D eigenvalue weighted by molar-refractivity contribution is 5.82. The number of hydrogen-bond acceptors (Lipinski definition) is 5. The van der Waals surface area contributed by atoms with Crippen LogP contribution in [-0.2, 0) is 9.53 Å². The molecule has 1 atom stereocenters. The van der Waals surface area contributed by atoms with Gasteiger partial charge >= 0.3 is 0 Å². The summed E-state index contributed by atoms with van der Waals surface area (Å²) in [6, 6.07) is 10.6. The van der Waals surface area contributed by atoms with E-state index in [1.54, 1.807) is 6.07 Å². The zero-order chi connectivity index (χ0) is 21.7. The van der Waals surface area contributed by atoms with Gasteiger partial charge in [0.25, 0.3) is 5.91 Å². The molecule has 4 heterocycles. The van der Waals surface area contributed by atoms with Crippen molar-refractivity contribution in [1.29, 1.82) is 0 Å². The van der Waals surface area contributed by atoms with Crippen molar-refractivity contribution >= 4 is 16.9 Å². The average Bonchev–Trinajstić information content (AvgIpc) is 3.57. The first-order chi connectivity index (χ1) is 15.7. The van der Waals surface area contributed by atoms with Crippen LogP contribution in [0.4, 0.5) is 4.39 Å². The Kier molecular flexibility index (Phi) is 4.75. The molecule has 2 aromatic carbocycles. The number of benzene rings is 2. The molecule has 0 aliphatic carbocycles. The second-order valence-electron chi connectivity index (χ2n) is 8.56. The number of carbonyl (C=O) groups excluding carboxylic acids is 1. The largest absolute Gasteiger partial charge is 0.454 e. The predicted octanol–water partition coefficient (Wildman–Crippen LogP) is 3.91. The number of rotatable bonds is 3. The summed E-state index contributed by atoms with van der Waals surface area (Å²) in [5, 5.41) is 0. The average molecular weight is 437 g/mol. The highest BCUT2D eigenvalue weighted by atomic mass is 19.1. The summed E-state index contributed by atoms with van der Waals surface area (Å²) in [6.07, 6.45) is 3.08. The minimum absolute atomic E-state index is 0.106. The molecular formula is C24H24FN3O4. The maximum absolute atomic E-state index is 13.9. The van der Waals surface area contributed by atoms with Gasteiger partial charge in [0, 0.05) is 37.4 Å². The Morgan fingerprint density at radius 3 is 2.69 bits per heavy atom. The Hall–Kier alpha value is -3.13. The van der Waals surface area contributed by atoms with Crippen molar-refractivity contribution in [2.24, 2.45) is 0 Å². The zero-order valence-corrected chi connectivity index (χ0v) is 17.6. The molecule has 3 aromatic rings. The third-order valence-corrected chi connectivity index (χ3v) is 6.63. The van der Waals surface area contributed by atoms with Gasteiger partial charge in [0.1, 0.15) is 17.7 Å². The number of hydrogen-bond donors (Lipinski definition) is 0. The standard InChI is InChI=1S/C24H24FN3O4/c25-16-4-5-19-18(13-16)26-23(15-3-6-20-22(12-15)32-14-31-20)28(19)17-7-9-27(10-8-17)24(29)21-2-1-11-30-21/h3-6,12-13,17,21H,1-2,7-11,14H2/t21-/m1/s1. The highest BCUT2D eigenvalue weighted by Gasteiger charge is 2.32. The molecule has 32 heavy (non-hydrogen) atoms. The van der Waals surface area contributed by atoms with Crippen LogP contribution in [0.3, 0.4) is 0 Å². The summed E-state index contributed by atoms with van der Waals surface area (Å²) >= 11 is 0. The lowest BCUT2D eigenvalue weighted by molar-refractivity contribution is -0.142. The molecular weight excluding hydrogens is 413 g/mol. The number of carbonyl (C=O) groups is 1. The van der Waals surface area contributed by atoms with E-state index < -0.39 is 0 Å². The van der Waals surface area contributed by atoms with E-state index >= 15 is 0 Å². The molecule has 3 aliphatic rings. The first kappa shape index (κ1) is 19.5. The second kappa shape index (κ2) is 7.78. The van der Waals surface area contributed by atoms with Crippen LogP contribution in [0.15, 0.2) is 36.4 Å². The lowest BCUT2D eigenvalue weighted by Crippen LogP contribution is -2.44. The minimum Gasteiger partial charge on any atom is -0.454 e. The van der Waals surface area contributed by atoms with Gasteiger partial charge in [0.05, 0.1) is 11.0 Å². The molecule has 2 fully saturated rings. The van der Waals surface area contributed by atoms with Crippen molar-refractivity contribution in [3.63, 3.8) is 0 Å². The Morgan fingerprint density at radius 2 is 1.88 bits per heavy atom. The van der Waals surface area contributed by atoms with E-state index in [0.717, 1.165) is 42.6 Å². The number of nitrogens with zero attached hydrogens (tertiary/aromatic N) is 3. The van der Waals surface area contributed by atoms with Crippen LogP contribution in [0.1, 0.15) is 31.7 Å². The molecule has 0 saturated carbocycles. The Balaban J connectivity index is 1.33. The van der Waals surface area contributed by atoms with Crippen molar-refractivity contribution in [3.8, 4) is 22.9 Å². The molecule has 0 bridgehead atoms. The second-order valence-corrected chi connectivity index (χ2v) is 8.56. The smallest absolute Gasteiger partial charge is 0.251 e. The maximum atomic E-state index is 13.9. The molecule has 1 amide bonds. The number of fused-ring (bicyclic) bond motifs is 2. The van der Waals surface area contributed by atoms with Crippen LogP contribution in [0.5, 0.6) is 11.5 Å². The Bertz CT molecular complexity index is 1180. The van der Waals surface area contributed by atoms with Crippen LogP contribution in [-0.4, -0.2) is 53.0 Å². The Labute approximate surface area is 184 Å². The van der Waals surface area contributed by atoms with Crippen LogP contribution in [0, 0.1) is 5.82 Å². The van der Waals surface area contributed by atoms with Crippen molar-refractivity contribution in [2.75, 3.05) is 26.5 Å². The number of likely N-dealkylation sites (tertiary alicyclic amines) is 1. The summed E-state index contributed by atoms with van der Waals surface area (Å²) in [5.41, 5.74) is 2.40. The van der Waals surface area contributed by atoms with E-state index in [1.807, 2.05) is 23.1 Å². The molecule has 2 saturated heterocycles. The van der Waals surface area contributed by atoms with E-state index in [-0.39, 0.29) is 30.7 Å². The summed E-state index contributed by atoms with van der Waals surface area (Å²) in [7, 11) is 0. The predicted molar refractivity (Wildman–Crippen MR) is 115 cm³/mol. The minimum atomic E-state index is -0.309. The number of amides is 1. The molecule has 0 N–H and O–H groups in total. The number of aromatic nitrogens is 2. The third-order valence-electron chi connectivity index (χ3n) is 6.63. The lowest BCUT2D eigenvalue weighted by atomic mass is 10.0. The molecule has 0 unspecified atom stereocenters. The van der Waals surface area contributed by atoms with Gasteiger partial charge in [-0.05, 0) is 56.0 Å². The van der Waals surface area contributed by atoms with Crippen molar-refractivity contribution < 1.29 is 23.4 Å². The van der Waals surface area contributed by atoms with Crippen LogP contribution in [0.25, 0.3) is 22.4 Å². The quantitative estimate of drug-likeness (QED) is 0.622. The van der Waals surface area contributed by atoms with Crippen molar-refractivity contribution in [3.05, 3.63) is 42.2 Å². The maximum Gasteiger partial charge on any atom is 0.251 e. The fourth-order valence-electron chi connectivity index (χ4n) is 5.00. The van der Waals surface area contributed by atoms with Gasteiger partial charge in [-0.25, -0.2) is 9.37 Å².